The van der Waals surface area contributed by atoms with Gasteiger partial charge in [0.2, 0.25) is 0 Å². The van der Waals surface area contributed by atoms with Crippen LogP contribution in [-0.4, -0.2) is 43.0 Å². The first-order valence-corrected chi connectivity index (χ1v) is 4.52. The van der Waals surface area contributed by atoms with Gasteiger partial charge >= 0.3 is 0 Å². The molecule has 1 heterocycles. The van der Waals surface area contributed by atoms with Crippen molar-refractivity contribution in [2.75, 3.05) is 27.2 Å². The zero-order valence-corrected chi connectivity index (χ0v) is 8.25. The van der Waals surface area contributed by atoms with Crippen LogP contribution in [0.25, 0.3) is 0 Å². The predicted octanol–water partition coefficient (Wildman–Crippen LogP) is 0.442. The van der Waals surface area contributed by atoms with Crippen molar-refractivity contribution in [3.05, 3.63) is 11.9 Å². The highest BCUT2D eigenvalue weighted by atomic mass is 15.3. The fourth-order valence-corrected chi connectivity index (χ4v) is 1.33. The summed E-state index contributed by atoms with van der Waals surface area (Å²) >= 11 is 0. The quantitative estimate of drug-likeness (QED) is 0.665. The summed E-state index contributed by atoms with van der Waals surface area (Å²) in [4.78, 5) is 4.46. The van der Waals surface area contributed by atoms with E-state index >= 15 is 0 Å². The maximum Gasteiger partial charge on any atom is 0.0946 e. The maximum atomic E-state index is 5.82. The lowest BCUT2D eigenvalue weighted by Crippen LogP contribution is -2.57. The molecule has 1 fully saturated rings. The third-order valence-electron chi connectivity index (χ3n) is 2.37. The molecule has 0 bridgehead atoms. The molecule has 1 rings (SSSR count). The van der Waals surface area contributed by atoms with Crippen molar-refractivity contribution in [2.24, 2.45) is 5.73 Å². The Kier molecular flexibility index (Phi) is 2.98. The van der Waals surface area contributed by atoms with Gasteiger partial charge in [0.25, 0.3) is 0 Å². The van der Waals surface area contributed by atoms with Gasteiger partial charge in [0, 0.05) is 19.1 Å². The van der Waals surface area contributed by atoms with E-state index in [1.54, 1.807) is 0 Å². The van der Waals surface area contributed by atoms with Crippen molar-refractivity contribution < 1.29 is 0 Å². The SMILES string of the molecule is CC/C=C(\N)N1CC(N(C)C)C1. The molecule has 0 saturated carbocycles. The number of likely N-dealkylation sites (tertiary alicyclic amines) is 1. The molecular weight excluding hydrogens is 150 g/mol. The van der Waals surface area contributed by atoms with Crippen molar-refractivity contribution in [1.82, 2.24) is 9.80 Å². The Bertz CT molecular complexity index is 169. The van der Waals surface area contributed by atoms with Crippen LogP contribution in [0.1, 0.15) is 13.3 Å². The van der Waals surface area contributed by atoms with E-state index in [-0.39, 0.29) is 0 Å². The van der Waals surface area contributed by atoms with Crippen LogP contribution in [0.4, 0.5) is 0 Å². The van der Waals surface area contributed by atoms with Gasteiger partial charge in [-0.2, -0.15) is 0 Å². The van der Waals surface area contributed by atoms with Crippen molar-refractivity contribution >= 4 is 0 Å². The molecule has 1 aliphatic heterocycles. The molecule has 2 N–H and O–H groups in total. The molecule has 0 amide bonds. The highest BCUT2D eigenvalue weighted by molar-refractivity contribution is 5.03. The monoisotopic (exact) mass is 169 g/mol. The maximum absolute atomic E-state index is 5.82. The molecule has 12 heavy (non-hydrogen) atoms. The van der Waals surface area contributed by atoms with Gasteiger partial charge in [-0.25, -0.2) is 0 Å². The first-order chi connectivity index (χ1) is 5.65. The van der Waals surface area contributed by atoms with Gasteiger partial charge in [0.05, 0.1) is 5.82 Å². The summed E-state index contributed by atoms with van der Waals surface area (Å²) in [5, 5.41) is 0. The van der Waals surface area contributed by atoms with Gasteiger partial charge in [0.15, 0.2) is 0 Å². The number of hydrogen-bond acceptors (Lipinski definition) is 3. The summed E-state index contributed by atoms with van der Waals surface area (Å²) in [6.45, 7) is 4.26. The zero-order chi connectivity index (χ0) is 9.14. The highest BCUT2D eigenvalue weighted by Crippen LogP contribution is 2.15. The van der Waals surface area contributed by atoms with E-state index in [4.69, 9.17) is 5.73 Å². The normalized spacial score (nSPS) is 20.0. The van der Waals surface area contributed by atoms with Crippen LogP contribution in [0.3, 0.4) is 0 Å². The first kappa shape index (κ1) is 9.39. The Labute approximate surface area is 74.8 Å². The van der Waals surface area contributed by atoms with E-state index in [1.807, 2.05) is 0 Å². The van der Waals surface area contributed by atoms with E-state index in [0.29, 0.717) is 6.04 Å². The van der Waals surface area contributed by atoms with Crippen molar-refractivity contribution in [3.63, 3.8) is 0 Å². The fourth-order valence-electron chi connectivity index (χ4n) is 1.33. The van der Waals surface area contributed by atoms with Crippen LogP contribution in [0, 0.1) is 0 Å². The van der Waals surface area contributed by atoms with Crippen LogP contribution < -0.4 is 5.73 Å². The second-order valence-corrected chi connectivity index (χ2v) is 3.56. The van der Waals surface area contributed by atoms with E-state index in [9.17, 15) is 0 Å². The summed E-state index contributed by atoms with van der Waals surface area (Å²) in [5.41, 5.74) is 5.82. The van der Waals surface area contributed by atoms with Crippen molar-refractivity contribution in [2.45, 2.75) is 19.4 Å². The first-order valence-electron chi connectivity index (χ1n) is 4.52. The standard InChI is InChI=1S/C9H19N3/c1-4-5-9(10)12-6-8(7-12)11(2)3/h5,8H,4,6-7,10H2,1-3H3/b9-5+. The highest BCUT2D eigenvalue weighted by Gasteiger charge is 2.28. The average molecular weight is 169 g/mol. The Morgan fingerprint density at radius 2 is 2.17 bits per heavy atom. The van der Waals surface area contributed by atoms with Gasteiger partial charge in [-0.3, -0.25) is 0 Å². The summed E-state index contributed by atoms with van der Waals surface area (Å²) in [7, 11) is 4.23. The summed E-state index contributed by atoms with van der Waals surface area (Å²) in [5.74, 6) is 0.940. The molecule has 0 radical (unpaired) electrons. The largest absolute Gasteiger partial charge is 0.386 e. The number of allylic oxidation sites excluding steroid dienone is 1. The van der Waals surface area contributed by atoms with Crippen LogP contribution >= 0.6 is 0 Å². The molecule has 0 spiro atoms. The zero-order valence-electron chi connectivity index (χ0n) is 8.25. The minimum absolute atomic E-state index is 0.689. The molecule has 0 aromatic heterocycles. The number of likely N-dealkylation sites (N-methyl/N-ethyl adjacent to an activating group) is 1. The Balaban J connectivity index is 2.29. The third kappa shape index (κ3) is 1.91. The molecule has 0 unspecified atom stereocenters. The number of hydrogen-bond donors (Lipinski definition) is 1. The number of nitrogens with two attached hydrogens (primary N) is 1. The molecule has 3 nitrogen and oxygen atoms in total. The van der Waals surface area contributed by atoms with E-state index in [0.717, 1.165) is 25.3 Å². The van der Waals surface area contributed by atoms with Crippen LogP contribution in [0.5, 0.6) is 0 Å². The van der Waals surface area contributed by atoms with E-state index < -0.39 is 0 Å². The Morgan fingerprint density at radius 1 is 1.58 bits per heavy atom. The lowest BCUT2D eigenvalue weighted by Gasteiger charge is -2.44. The molecule has 70 valence electrons. The molecule has 0 aliphatic carbocycles. The van der Waals surface area contributed by atoms with Crippen LogP contribution in [0.2, 0.25) is 0 Å². The van der Waals surface area contributed by atoms with Gasteiger partial charge in [0.1, 0.15) is 0 Å². The minimum atomic E-state index is 0.689. The molecule has 0 atom stereocenters. The fraction of sp³-hybridized carbons (Fsp3) is 0.778. The lowest BCUT2D eigenvalue weighted by molar-refractivity contribution is 0.0925. The Morgan fingerprint density at radius 3 is 2.58 bits per heavy atom. The van der Waals surface area contributed by atoms with Crippen molar-refractivity contribution in [3.8, 4) is 0 Å². The molecule has 0 aromatic carbocycles. The average Bonchev–Trinajstić information content (AvgIpc) is 1.82. The van der Waals surface area contributed by atoms with Gasteiger partial charge in [-0.15, -0.1) is 0 Å². The van der Waals surface area contributed by atoms with Crippen molar-refractivity contribution in [1.29, 1.82) is 0 Å². The van der Waals surface area contributed by atoms with Gasteiger partial charge in [-0.1, -0.05) is 6.92 Å². The lowest BCUT2D eigenvalue weighted by atomic mass is 10.1. The van der Waals surface area contributed by atoms with Gasteiger partial charge in [-0.05, 0) is 26.6 Å². The molecule has 1 aliphatic rings. The Hall–Kier alpha value is -0.700. The van der Waals surface area contributed by atoms with Crippen LogP contribution in [-0.2, 0) is 0 Å². The predicted molar refractivity (Wildman–Crippen MR) is 51.6 cm³/mol. The summed E-state index contributed by atoms with van der Waals surface area (Å²) in [6.07, 6.45) is 3.10. The molecule has 1 saturated heterocycles. The molecular formula is C9H19N3. The molecule has 3 heteroatoms. The third-order valence-corrected chi connectivity index (χ3v) is 2.37. The van der Waals surface area contributed by atoms with Crippen LogP contribution in [0.15, 0.2) is 11.9 Å². The summed E-state index contributed by atoms with van der Waals surface area (Å²) < 4.78 is 0. The smallest absolute Gasteiger partial charge is 0.0946 e. The molecule has 0 aromatic rings. The van der Waals surface area contributed by atoms with E-state index in [1.165, 1.54) is 0 Å². The number of rotatable bonds is 3. The van der Waals surface area contributed by atoms with E-state index in [2.05, 4.69) is 36.9 Å². The second-order valence-electron chi connectivity index (χ2n) is 3.56. The minimum Gasteiger partial charge on any atom is -0.386 e. The van der Waals surface area contributed by atoms with Gasteiger partial charge < -0.3 is 15.5 Å². The number of nitrogens with zero attached hydrogens (tertiary/aromatic N) is 2. The second kappa shape index (κ2) is 3.81. The topological polar surface area (TPSA) is 32.5 Å². The summed E-state index contributed by atoms with van der Waals surface area (Å²) in [6, 6.07) is 0.689.